The first-order chi connectivity index (χ1) is 15.4. The topological polar surface area (TPSA) is 91.8 Å². The number of hydrogen-bond donors (Lipinski definition) is 1. The Morgan fingerprint density at radius 1 is 1.12 bits per heavy atom. The molecule has 1 saturated heterocycles. The number of carbonyl (C=O) groups excluding carboxylic acids is 3. The minimum Gasteiger partial charge on any atom is -0.444 e. The van der Waals surface area contributed by atoms with Crippen molar-refractivity contribution in [3.8, 4) is 0 Å². The van der Waals surface area contributed by atoms with E-state index in [4.69, 9.17) is 4.74 Å². The first kappa shape index (κ1) is 27.4. The number of piperazine rings is 1. The zero-order valence-electron chi connectivity index (χ0n) is 20.6. The van der Waals surface area contributed by atoms with Crippen LogP contribution in [0.1, 0.15) is 64.5 Å². The summed E-state index contributed by atoms with van der Waals surface area (Å²) in [6.45, 7) is 12.9. The van der Waals surface area contributed by atoms with E-state index in [1.807, 2.05) is 0 Å². The second-order valence-corrected chi connectivity index (χ2v) is 10.3. The molecule has 3 amide bonds. The van der Waals surface area contributed by atoms with Crippen molar-refractivity contribution in [2.75, 3.05) is 19.6 Å². The smallest absolute Gasteiger partial charge is 0.417 e. The van der Waals surface area contributed by atoms with Crippen molar-refractivity contribution in [3.63, 3.8) is 0 Å². The molecular weight excluding hydrogens is 453 g/mol. The normalized spacial score (nSPS) is 17.4. The molecule has 2 rings (SSSR count). The summed E-state index contributed by atoms with van der Waals surface area (Å²) in [5, 5.41) is 2.64. The summed E-state index contributed by atoms with van der Waals surface area (Å²) in [5.41, 5.74) is -2.57. The summed E-state index contributed by atoms with van der Waals surface area (Å²) in [6, 6.07) is 1.06. The number of amides is 3. The number of aromatic nitrogens is 1. The summed E-state index contributed by atoms with van der Waals surface area (Å²) in [5.74, 6) is -1.02. The van der Waals surface area contributed by atoms with Gasteiger partial charge in [-0.25, -0.2) is 4.79 Å². The van der Waals surface area contributed by atoms with E-state index in [0.717, 1.165) is 12.1 Å². The van der Waals surface area contributed by atoms with Gasteiger partial charge in [0.1, 0.15) is 17.3 Å². The lowest BCUT2D eigenvalue weighted by Crippen LogP contribution is -2.64. The minimum absolute atomic E-state index is 0.104. The Bertz CT molecular complexity index is 908. The molecule has 11 heteroatoms. The van der Waals surface area contributed by atoms with E-state index in [1.54, 1.807) is 53.4 Å². The Hall–Kier alpha value is -2.85. The van der Waals surface area contributed by atoms with Gasteiger partial charge in [0.2, 0.25) is 5.91 Å². The summed E-state index contributed by atoms with van der Waals surface area (Å²) in [7, 11) is 0. The van der Waals surface area contributed by atoms with Crippen LogP contribution < -0.4 is 5.32 Å². The summed E-state index contributed by atoms with van der Waals surface area (Å²) in [6.07, 6.45) is -4.60. The van der Waals surface area contributed by atoms with E-state index in [0.29, 0.717) is 6.20 Å². The van der Waals surface area contributed by atoms with Gasteiger partial charge >= 0.3 is 12.3 Å². The number of hydrogen-bond acceptors (Lipinski definition) is 5. The molecule has 1 fully saturated rings. The number of carbonyl (C=O) groups is 3. The lowest BCUT2D eigenvalue weighted by Gasteiger charge is -2.47. The molecule has 0 spiro atoms. The number of rotatable bonds is 4. The molecule has 8 nitrogen and oxygen atoms in total. The van der Waals surface area contributed by atoms with Gasteiger partial charge in [-0.05, 0) is 52.7 Å². The largest absolute Gasteiger partial charge is 0.444 e. The van der Waals surface area contributed by atoms with Crippen molar-refractivity contribution in [2.24, 2.45) is 5.92 Å². The Kier molecular flexibility index (Phi) is 7.89. The molecule has 0 unspecified atom stereocenters. The summed E-state index contributed by atoms with van der Waals surface area (Å²) >= 11 is 0. The second-order valence-electron chi connectivity index (χ2n) is 10.3. The lowest BCUT2D eigenvalue weighted by atomic mass is 9.95. The van der Waals surface area contributed by atoms with Crippen molar-refractivity contribution in [1.82, 2.24) is 20.1 Å². The number of nitrogens with one attached hydrogen (secondary N) is 1. The van der Waals surface area contributed by atoms with Crippen LogP contribution in [-0.2, 0) is 15.7 Å². The number of pyridine rings is 1. The lowest BCUT2D eigenvalue weighted by molar-refractivity contribution is -0.139. The molecule has 1 aliphatic rings. The molecule has 2 heterocycles. The highest BCUT2D eigenvalue weighted by molar-refractivity contribution is 5.93. The van der Waals surface area contributed by atoms with Crippen molar-refractivity contribution in [2.45, 2.75) is 71.8 Å². The van der Waals surface area contributed by atoms with Gasteiger partial charge in [-0.15, -0.1) is 0 Å². The quantitative estimate of drug-likeness (QED) is 0.701. The van der Waals surface area contributed by atoms with E-state index < -0.39 is 40.9 Å². The molecule has 190 valence electrons. The zero-order valence-corrected chi connectivity index (χ0v) is 20.6. The molecule has 1 aromatic rings. The molecule has 0 saturated carbocycles. The zero-order chi connectivity index (χ0) is 26.1. The maximum atomic E-state index is 13.2. The molecule has 0 radical (unpaired) electrons. The fraction of sp³-hybridized carbons (Fsp3) is 0.652. The molecule has 34 heavy (non-hydrogen) atoms. The average Bonchev–Trinajstić information content (AvgIpc) is 2.68. The maximum Gasteiger partial charge on any atom is 0.417 e. The molecule has 0 bridgehead atoms. The molecule has 1 N–H and O–H groups in total. The van der Waals surface area contributed by atoms with Crippen LogP contribution >= 0.6 is 0 Å². The monoisotopic (exact) mass is 486 g/mol. The predicted octanol–water partition coefficient (Wildman–Crippen LogP) is 3.71. The van der Waals surface area contributed by atoms with Gasteiger partial charge in [-0.2, -0.15) is 13.2 Å². The van der Waals surface area contributed by atoms with Crippen LogP contribution in [0.15, 0.2) is 18.3 Å². The van der Waals surface area contributed by atoms with Gasteiger partial charge in [0.15, 0.2) is 0 Å². The van der Waals surface area contributed by atoms with Crippen LogP contribution in [0.5, 0.6) is 0 Å². The third kappa shape index (κ3) is 6.83. The van der Waals surface area contributed by atoms with Crippen molar-refractivity contribution >= 4 is 17.9 Å². The van der Waals surface area contributed by atoms with Crippen LogP contribution in [0, 0.1) is 5.92 Å². The molecule has 0 aromatic carbocycles. The molecule has 0 aliphatic carbocycles. The maximum absolute atomic E-state index is 13.2. The Morgan fingerprint density at radius 3 is 2.18 bits per heavy atom. The van der Waals surface area contributed by atoms with Crippen LogP contribution in [-0.4, -0.2) is 69.5 Å². The van der Waals surface area contributed by atoms with Crippen LogP contribution in [0.2, 0.25) is 0 Å². The molecular formula is C23H33F3N4O4. The van der Waals surface area contributed by atoms with Gasteiger partial charge in [-0.1, -0.05) is 13.8 Å². The number of ether oxygens (including phenoxy) is 1. The van der Waals surface area contributed by atoms with E-state index in [-0.39, 0.29) is 37.2 Å². The SMILES string of the molecule is CC(C)[C@H](NC(=O)OC(C)(C)C)C(=O)N1CCN(C(=O)c2ccc(C(F)(F)F)cn2)C(C)(C)C1. The van der Waals surface area contributed by atoms with E-state index >= 15 is 0 Å². The Balaban J connectivity index is 2.12. The molecule has 1 aliphatic heterocycles. The third-order valence-corrected chi connectivity index (χ3v) is 5.37. The Morgan fingerprint density at radius 2 is 1.74 bits per heavy atom. The third-order valence-electron chi connectivity index (χ3n) is 5.37. The summed E-state index contributed by atoms with van der Waals surface area (Å²) in [4.78, 5) is 45.2. The van der Waals surface area contributed by atoms with Crippen LogP contribution in [0.25, 0.3) is 0 Å². The van der Waals surface area contributed by atoms with Gasteiger partial charge < -0.3 is 19.9 Å². The van der Waals surface area contributed by atoms with Gasteiger partial charge in [0.05, 0.1) is 11.1 Å². The average molecular weight is 487 g/mol. The predicted molar refractivity (Wildman–Crippen MR) is 119 cm³/mol. The fourth-order valence-corrected chi connectivity index (χ4v) is 3.69. The summed E-state index contributed by atoms with van der Waals surface area (Å²) < 4.78 is 43.6. The highest BCUT2D eigenvalue weighted by Gasteiger charge is 2.41. The highest BCUT2D eigenvalue weighted by atomic mass is 19.4. The van der Waals surface area contributed by atoms with Crippen molar-refractivity contribution < 1.29 is 32.3 Å². The van der Waals surface area contributed by atoms with E-state index in [2.05, 4.69) is 10.3 Å². The van der Waals surface area contributed by atoms with Gasteiger partial charge in [-0.3, -0.25) is 14.6 Å². The number of nitrogens with zero attached hydrogens (tertiary/aromatic N) is 3. The van der Waals surface area contributed by atoms with Crippen molar-refractivity contribution in [3.05, 3.63) is 29.6 Å². The van der Waals surface area contributed by atoms with Crippen molar-refractivity contribution in [1.29, 1.82) is 0 Å². The molecule has 1 aromatic heterocycles. The van der Waals surface area contributed by atoms with E-state index in [9.17, 15) is 27.6 Å². The minimum atomic E-state index is -4.54. The molecule has 1 atom stereocenters. The van der Waals surface area contributed by atoms with Crippen LogP contribution in [0.4, 0.5) is 18.0 Å². The number of alkyl carbamates (subject to hydrolysis) is 1. The standard InChI is InChI=1S/C23H33F3N4O4/c1-14(2)17(28-20(33)34-21(3,4)5)19(32)29-10-11-30(22(6,7)13-29)18(31)16-9-8-15(12-27-16)23(24,25)26/h8-9,12,14,17H,10-11,13H2,1-7H3,(H,28,33)/t17-/m0/s1. The number of alkyl halides is 3. The Labute approximate surface area is 197 Å². The second kappa shape index (κ2) is 9.79. The first-order valence-corrected chi connectivity index (χ1v) is 11.1. The van der Waals surface area contributed by atoms with Gasteiger partial charge in [0, 0.05) is 25.8 Å². The van der Waals surface area contributed by atoms with Crippen LogP contribution in [0.3, 0.4) is 0 Å². The van der Waals surface area contributed by atoms with Gasteiger partial charge in [0.25, 0.3) is 5.91 Å². The highest BCUT2D eigenvalue weighted by Crippen LogP contribution is 2.29. The van der Waals surface area contributed by atoms with E-state index in [1.165, 1.54) is 4.90 Å². The first-order valence-electron chi connectivity index (χ1n) is 11.1. The number of halogens is 3. The fourth-order valence-electron chi connectivity index (χ4n) is 3.69.